The van der Waals surface area contributed by atoms with E-state index in [2.05, 4.69) is 63.3 Å². The highest BCUT2D eigenvalue weighted by Crippen LogP contribution is 2.59. The second-order valence-corrected chi connectivity index (χ2v) is 24.0. The maximum atomic E-state index is 13.8. The van der Waals surface area contributed by atoms with E-state index in [0.717, 1.165) is 0 Å². The summed E-state index contributed by atoms with van der Waals surface area (Å²) in [6, 6.07) is 1.60. The first-order valence-corrected chi connectivity index (χ1v) is 23.5. The van der Waals surface area contributed by atoms with Crippen molar-refractivity contribution in [2.75, 3.05) is 24.3 Å². The van der Waals surface area contributed by atoms with E-state index in [4.69, 9.17) is 44.8 Å². The number of imidazole rings is 1. The van der Waals surface area contributed by atoms with Gasteiger partial charge in [-0.15, -0.1) is 0 Å². The van der Waals surface area contributed by atoms with Gasteiger partial charge in [-0.1, -0.05) is 33.0 Å². The number of hydrogen-bond donors (Lipinski definition) is 5. The molecule has 48 heavy (non-hydrogen) atoms. The Morgan fingerprint density at radius 2 is 1.98 bits per heavy atom. The number of anilines is 2. The topological polar surface area (TPSA) is 220 Å². The molecule has 17 nitrogen and oxygen atoms in total. The number of aromatic amines is 1. The second kappa shape index (κ2) is 13.4. The van der Waals surface area contributed by atoms with Gasteiger partial charge >= 0.3 is 13.5 Å². The van der Waals surface area contributed by atoms with Crippen LogP contribution < -0.4 is 16.6 Å². The number of rotatable bonds is 5. The maximum absolute atomic E-state index is 13.8. The molecule has 2 unspecified atom stereocenters. The minimum absolute atomic E-state index is 0.00728. The first-order chi connectivity index (χ1) is 22.4. The van der Waals surface area contributed by atoms with Crippen LogP contribution in [0.1, 0.15) is 39.8 Å². The van der Waals surface area contributed by atoms with Gasteiger partial charge in [-0.25, -0.2) is 19.5 Å². The Balaban J connectivity index is 1.36. The fourth-order valence-electron chi connectivity index (χ4n) is 5.80. The molecule has 22 heteroatoms. The number of hydrogen-bond acceptors (Lipinski definition) is 15. The van der Waals surface area contributed by atoms with E-state index >= 15 is 0 Å². The summed E-state index contributed by atoms with van der Waals surface area (Å²) in [6.07, 6.45) is 0.643. The Labute approximate surface area is 288 Å². The SMILES string of the molecule is CC(C)(C)[Si](C)(C)O[C@H]1[C@H]2OP(O)(=S)OC[C@H]3C[C@@H](Nc4ccncn4)C[C@@H]3OP(=O)(S)OC[C@H]1O[C@H]2n1cnc2c(=O)[nH]c(N)nc21. The Kier molecular flexibility index (Phi) is 10.0. The number of ether oxygens (including phenoxy) is 1. The van der Waals surface area contributed by atoms with E-state index in [0.29, 0.717) is 18.7 Å². The smallest absolute Gasteiger partial charge is 0.386 e. The van der Waals surface area contributed by atoms with Gasteiger partial charge in [0.05, 0.1) is 25.6 Å². The molecular formula is C26H40N8O9P2S2Si. The average Bonchev–Trinajstić information content (AvgIpc) is 3.66. The van der Waals surface area contributed by atoms with Gasteiger partial charge in [0, 0.05) is 18.2 Å². The largest absolute Gasteiger partial charge is 0.408 e. The van der Waals surface area contributed by atoms with Crippen molar-refractivity contribution in [2.24, 2.45) is 5.92 Å². The van der Waals surface area contributed by atoms with Crippen molar-refractivity contribution in [3.8, 4) is 0 Å². The van der Waals surface area contributed by atoms with Crippen LogP contribution in [0.5, 0.6) is 0 Å². The molecule has 3 fully saturated rings. The van der Waals surface area contributed by atoms with Crippen LogP contribution in [0, 0.1) is 5.92 Å². The van der Waals surface area contributed by atoms with Crippen molar-refractivity contribution in [1.29, 1.82) is 0 Å². The number of nitrogens with two attached hydrogens (primary N) is 1. The summed E-state index contributed by atoms with van der Waals surface area (Å²) in [5.74, 6) is 0.110. The van der Waals surface area contributed by atoms with Crippen LogP contribution in [-0.4, -0.2) is 86.4 Å². The number of thiol groups is 1. The molecule has 1 saturated carbocycles. The zero-order valence-corrected chi connectivity index (χ0v) is 31.5. The lowest BCUT2D eigenvalue weighted by molar-refractivity contribution is -0.0492. The van der Waals surface area contributed by atoms with Gasteiger partial charge in [0.25, 0.3) is 5.56 Å². The number of aromatic nitrogens is 6. The third-order valence-electron chi connectivity index (χ3n) is 9.19. The molecule has 9 atom stereocenters. The predicted molar refractivity (Wildman–Crippen MR) is 185 cm³/mol. The lowest BCUT2D eigenvalue weighted by atomic mass is 10.1. The van der Waals surface area contributed by atoms with Gasteiger partial charge in [-0.05, 0) is 48.8 Å². The number of nitrogens with one attached hydrogen (secondary N) is 2. The zero-order valence-electron chi connectivity index (χ0n) is 27.0. The molecule has 6 rings (SSSR count). The van der Waals surface area contributed by atoms with Crippen molar-refractivity contribution < 1.29 is 36.7 Å². The molecule has 3 aromatic rings. The van der Waals surface area contributed by atoms with Gasteiger partial charge in [0.1, 0.15) is 30.5 Å². The second-order valence-electron chi connectivity index (χ2n) is 13.6. The molecule has 2 aliphatic heterocycles. The lowest BCUT2D eigenvalue weighted by Gasteiger charge is -2.40. The zero-order chi connectivity index (χ0) is 34.6. The van der Waals surface area contributed by atoms with Gasteiger partial charge in [0.2, 0.25) is 5.95 Å². The molecule has 5 N–H and O–H groups in total. The van der Waals surface area contributed by atoms with E-state index in [9.17, 15) is 14.3 Å². The summed E-state index contributed by atoms with van der Waals surface area (Å²) in [5.41, 5.74) is 5.43. The molecule has 5 heterocycles. The molecular weight excluding hydrogens is 723 g/mol. The monoisotopic (exact) mass is 762 g/mol. The quantitative estimate of drug-likeness (QED) is 0.142. The summed E-state index contributed by atoms with van der Waals surface area (Å²) >= 11 is 9.91. The fourth-order valence-corrected chi connectivity index (χ4v) is 10.1. The number of fused-ring (bicyclic) bond motifs is 4. The van der Waals surface area contributed by atoms with Gasteiger partial charge in [-0.3, -0.25) is 27.9 Å². The summed E-state index contributed by atoms with van der Waals surface area (Å²) in [5, 5.41) is 3.08. The number of nitrogen functional groups attached to an aromatic ring is 1. The Hall–Kier alpha value is -1.80. The van der Waals surface area contributed by atoms with Crippen molar-refractivity contribution in [3.05, 3.63) is 35.3 Å². The average molecular weight is 763 g/mol. The van der Waals surface area contributed by atoms with Crippen molar-refractivity contribution >= 4 is 68.8 Å². The fraction of sp³-hybridized carbons (Fsp3) is 0.654. The van der Waals surface area contributed by atoms with Crippen LogP contribution in [-0.2, 0) is 43.6 Å². The van der Waals surface area contributed by atoms with Crippen LogP contribution in [0.15, 0.2) is 29.7 Å². The normalized spacial score (nSPS) is 35.0. The first kappa shape index (κ1) is 36.0. The lowest BCUT2D eigenvalue weighted by Crippen LogP contribution is -2.50. The molecule has 3 aliphatic rings. The Bertz CT molecular complexity index is 1800. The minimum Gasteiger partial charge on any atom is -0.408 e. The van der Waals surface area contributed by atoms with E-state index < -0.39 is 58.0 Å². The van der Waals surface area contributed by atoms with E-state index in [1.165, 1.54) is 17.2 Å². The third kappa shape index (κ3) is 7.74. The molecule has 0 spiro atoms. The van der Waals surface area contributed by atoms with Crippen LogP contribution in [0.3, 0.4) is 0 Å². The summed E-state index contributed by atoms with van der Waals surface area (Å²) in [7, 11) is -2.57. The van der Waals surface area contributed by atoms with E-state index in [1.807, 2.05) is 13.1 Å². The highest BCUT2D eigenvalue weighted by Gasteiger charge is 2.54. The Morgan fingerprint density at radius 1 is 1.21 bits per heavy atom. The van der Waals surface area contributed by atoms with E-state index in [-0.39, 0.29) is 47.3 Å². The predicted octanol–water partition coefficient (Wildman–Crippen LogP) is 3.74. The van der Waals surface area contributed by atoms with Crippen LogP contribution in [0.4, 0.5) is 11.8 Å². The maximum Gasteiger partial charge on any atom is 0.386 e. The Morgan fingerprint density at radius 3 is 2.69 bits per heavy atom. The molecule has 3 aromatic heterocycles. The summed E-state index contributed by atoms with van der Waals surface area (Å²) < 4.78 is 52.7. The summed E-state index contributed by atoms with van der Waals surface area (Å²) in [4.78, 5) is 43.3. The first-order valence-electron chi connectivity index (χ1n) is 15.3. The minimum atomic E-state index is -4.01. The number of H-pyrrole nitrogens is 1. The van der Waals surface area contributed by atoms with Crippen molar-refractivity contribution in [3.63, 3.8) is 0 Å². The molecule has 0 radical (unpaired) electrons. The molecule has 2 bridgehead atoms. The summed E-state index contributed by atoms with van der Waals surface area (Å²) in [6.45, 7) is 1.93. The van der Waals surface area contributed by atoms with E-state index in [1.54, 1.807) is 12.3 Å². The number of nitrogens with zero attached hydrogens (tertiary/aromatic N) is 5. The molecule has 0 aromatic carbocycles. The van der Waals surface area contributed by atoms with Crippen molar-refractivity contribution in [1.82, 2.24) is 29.5 Å². The standard InChI is InChI=1S/C26H40N8O9P2S2Si/c1-26(2,3)48(4,5)43-20-17-11-39-44(36,46)41-16-9-15(31-18-6-7-28-12-29-18)8-14(16)10-38-45(37,47)42-21(20)24(40-17)34-13-30-19-22(34)32-25(27)33-23(19)35/h6-7,12-17,20-21,24H,8-11H2,1-5H3,(H,36,46)(H,37,47)(H,28,29,31)(H3,27,32,33,35)/t14-,15-,16+,17-,20-,21-,24-,44?,45?/m1/s1. The van der Waals surface area contributed by atoms with Gasteiger partial charge in [0.15, 0.2) is 25.7 Å². The molecule has 1 aliphatic carbocycles. The molecule has 0 amide bonds. The highest BCUT2D eigenvalue weighted by atomic mass is 32.7. The van der Waals surface area contributed by atoms with Gasteiger partial charge < -0.3 is 29.6 Å². The van der Waals surface area contributed by atoms with Crippen LogP contribution in [0.25, 0.3) is 11.2 Å². The third-order valence-corrected chi connectivity index (χ3v) is 16.9. The molecule has 264 valence electrons. The van der Waals surface area contributed by atoms with Crippen LogP contribution in [0.2, 0.25) is 18.1 Å². The van der Waals surface area contributed by atoms with Crippen molar-refractivity contribution in [2.45, 2.75) is 88.4 Å². The van der Waals surface area contributed by atoms with Gasteiger partial charge in [-0.2, -0.15) is 4.98 Å². The van der Waals surface area contributed by atoms with Crippen LogP contribution >= 0.6 is 25.8 Å². The highest BCUT2D eigenvalue weighted by molar-refractivity contribution is 8.44. The molecule has 2 saturated heterocycles.